The van der Waals surface area contributed by atoms with Crippen LogP contribution in [-0.4, -0.2) is 51.7 Å². The largest absolute Gasteiger partial charge is 0.439 e. The monoisotopic (exact) mass is 465 g/mol. The van der Waals surface area contributed by atoms with Gasteiger partial charge >= 0.3 is 0 Å². The molecule has 6 nitrogen and oxygen atoms in total. The van der Waals surface area contributed by atoms with E-state index in [4.69, 9.17) is 14.6 Å². The lowest BCUT2D eigenvalue weighted by Gasteiger charge is -2.27. The van der Waals surface area contributed by atoms with E-state index in [9.17, 15) is 5.11 Å². The molecule has 3 rings (SSSR count). The summed E-state index contributed by atoms with van der Waals surface area (Å²) in [6.45, 7) is 12.7. The molecule has 0 aliphatic carbocycles. The molecule has 0 spiro atoms. The highest BCUT2D eigenvalue weighted by Crippen LogP contribution is 2.34. The van der Waals surface area contributed by atoms with Crippen LogP contribution in [0.5, 0.6) is 11.6 Å². The molecule has 6 heteroatoms. The predicted octanol–water partition coefficient (Wildman–Crippen LogP) is 5.43. The Morgan fingerprint density at radius 1 is 0.971 bits per heavy atom. The SMILES string of the molecule is Cc1ccc(Oc2c(CN(CC(C)C)C[C@@H](O)COC(C)C)c(-c3ccccc3)nn2C)cc1. The number of aliphatic hydroxyl groups excluding tert-OH is 1. The predicted molar refractivity (Wildman–Crippen MR) is 137 cm³/mol. The van der Waals surface area contributed by atoms with Gasteiger partial charge < -0.3 is 14.6 Å². The number of nitrogens with zero attached hydrogens (tertiary/aromatic N) is 3. The minimum Gasteiger partial charge on any atom is -0.439 e. The van der Waals surface area contributed by atoms with E-state index in [2.05, 4.69) is 37.8 Å². The first-order valence-corrected chi connectivity index (χ1v) is 12.1. The van der Waals surface area contributed by atoms with Crippen molar-refractivity contribution in [1.82, 2.24) is 14.7 Å². The smallest absolute Gasteiger partial charge is 0.222 e. The van der Waals surface area contributed by atoms with Crippen LogP contribution in [-0.2, 0) is 18.3 Å². The van der Waals surface area contributed by atoms with Crippen molar-refractivity contribution in [3.05, 3.63) is 65.7 Å². The molecule has 0 radical (unpaired) electrons. The van der Waals surface area contributed by atoms with E-state index in [1.54, 1.807) is 0 Å². The summed E-state index contributed by atoms with van der Waals surface area (Å²) in [5.74, 6) is 1.93. The van der Waals surface area contributed by atoms with Crippen LogP contribution < -0.4 is 4.74 Å². The Morgan fingerprint density at radius 2 is 1.65 bits per heavy atom. The molecule has 2 aromatic carbocycles. The molecule has 0 bridgehead atoms. The van der Waals surface area contributed by atoms with E-state index in [0.29, 0.717) is 31.5 Å². The molecule has 0 aliphatic heterocycles. The topological polar surface area (TPSA) is 59.8 Å². The van der Waals surface area contributed by atoms with Crippen LogP contribution in [0.15, 0.2) is 54.6 Å². The molecular weight excluding hydrogens is 426 g/mol. The summed E-state index contributed by atoms with van der Waals surface area (Å²) in [5.41, 5.74) is 4.13. The molecule has 0 aliphatic rings. The first kappa shape index (κ1) is 25.9. The van der Waals surface area contributed by atoms with Gasteiger partial charge in [-0.2, -0.15) is 5.10 Å². The number of hydrogen-bond donors (Lipinski definition) is 1. The fourth-order valence-corrected chi connectivity index (χ4v) is 3.97. The average molecular weight is 466 g/mol. The van der Waals surface area contributed by atoms with Gasteiger partial charge in [-0.15, -0.1) is 0 Å². The zero-order chi connectivity index (χ0) is 24.7. The summed E-state index contributed by atoms with van der Waals surface area (Å²) in [7, 11) is 1.91. The second kappa shape index (κ2) is 12.2. The van der Waals surface area contributed by atoms with Crippen LogP contribution >= 0.6 is 0 Å². The maximum atomic E-state index is 10.7. The van der Waals surface area contributed by atoms with Gasteiger partial charge in [0.05, 0.1) is 24.4 Å². The minimum atomic E-state index is -0.570. The van der Waals surface area contributed by atoms with Crippen molar-refractivity contribution in [2.45, 2.75) is 53.4 Å². The van der Waals surface area contributed by atoms with E-state index in [1.807, 2.05) is 68.0 Å². The second-order valence-electron chi connectivity index (χ2n) is 9.66. The number of hydrogen-bond acceptors (Lipinski definition) is 5. The normalized spacial score (nSPS) is 12.6. The Morgan fingerprint density at radius 3 is 2.26 bits per heavy atom. The third kappa shape index (κ3) is 7.42. The molecule has 1 aromatic heterocycles. The van der Waals surface area contributed by atoms with Gasteiger partial charge in [-0.25, -0.2) is 4.68 Å². The van der Waals surface area contributed by atoms with Crippen LogP contribution in [0.25, 0.3) is 11.3 Å². The molecule has 3 aromatic rings. The van der Waals surface area contributed by atoms with Gasteiger partial charge in [-0.3, -0.25) is 4.90 Å². The Bertz CT molecular complexity index is 1010. The van der Waals surface area contributed by atoms with Crippen molar-refractivity contribution in [2.24, 2.45) is 13.0 Å². The molecule has 0 fully saturated rings. The molecular formula is C28H39N3O3. The van der Waals surface area contributed by atoms with Gasteiger partial charge in [0, 0.05) is 32.2 Å². The number of ether oxygens (including phenoxy) is 2. The molecule has 34 heavy (non-hydrogen) atoms. The van der Waals surface area contributed by atoms with Crippen molar-refractivity contribution < 1.29 is 14.6 Å². The lowest BCUT2D eigenvalue weighted by Crippen LogP contribution is -2.37. The Hall–Kier alpha value is -2.67. The molecule has 1 N–H and O–H groups in total. The molecule has 0 saturated carbocycles. The fourth-order valence-electron chi connectivity index (χ4n) is 3.97. The zero-order valence-corrected chi connectivity index (χ0v) is 21.4. The number of aromatic nitrogens is 2. The fraction of sp³-hybridized carbons (Fsp3) is 0.464. The summed E-state index contributed by atoms with van der Waals surface area (Å²) in [6, 6.07) is 18.2. The Kier molecular flexibility index (Phi) is 9.28. The van der Waals surface area contributed by atoms with Crippen LogP contribution in [0.3, 0.4) is 0 Å². The molecule has 0 saturated heterocycles. The minimum absolute atomic E-state index is 0.0886. The van der Waals surface area contributed by atoms with Crippen molar-refractivity contribution >= 4 is 0 Å². The summed E-state index contributed by atoms with van der Waals surface area (Å²) >= 11 is 0. The van der Waals surface area contributed by atoms with E-state index in [1.165, 1.54) is 5.56 Å². The quantitative estimate of drug-likeness (QED) is 0.386. The van der Waals surface area contributed by atoms with Crippen molar-refractivity contribution in [1.29, 1.82) is 0 Å². The zero-order valence-electron chi connectivity index (χ0n) is 21.4. The van der Waals surface area contributed by atoms with Crippen LogP contribution in [0.2, 0.25) is 0 Å². The van der Waals surface area contributed by atoms with E-state index in [0.717, 1.165) is 29.1 Å². The summed E-state index contributed by atoms with van der Waals surface area (Å²) in [6.07, 6.45) is -0.481. The first-order chi connectivity index (χ1) is 16.2. The molecule has 184 valence electrons. The third-order valence-corrected chi connectivity index (χ3v) is 5.47. The number of aliphatic hydroxyl groups is 1. The van der Waals surface area contributed by atoms with E-state index >= 15 is 0 Å². The summed E-state index contributed by atoms with van der Waals surface area (Å²) in [5, 5.41) is 15.5. The Balaban J connectivity index is 1.95. The van der Waals surface area contributed by atoms with Crippen LogP contribution in [0.4, 0.5) is 0 Å². The van der Waals surface area contributed by atoms with Crippen molar-refractivity contribution in [2.75, 3.05) is 19.7 Å². The molecule has 1 heterocycles. The molecule has 1 atom stereocenters. The van der Waals surface area contributed by atoms with Gasteiger partial charge in [-0.1, -0.05) is 61.9 Å². The van der Waals surface area contributed by atoms with Gasteiger partial charge in [0.15, 0.2) is 0 Å². The van der Waals surface area contributed by atoms with Gasteiger partial charge in [0.25, 0.3) is 0 Å². The Labute approximate surface area is 204 Å². The lowest BCUT2D eigenvalue weighted by molar-refractivity contribution is -0.0109. The summed E-state index contributed by atoms with van der Waals surface area (Å²) < 4.78 is 13.8. The van der Waals surface area contributed by atoms with E-state index < -0.39 is 6.10 Å². The highest BCUT2D eigenvalue weighted by Gasteiger charge is 2.24. The number of aryl methyl sites for hydroxylation is 2. The molecule has 0 unspecified atom stereocenters. The van der Waals surface area contributed by atoms with Crippen molar-refractivity contribution in [3.63, 3.8) is 0 Å². The third-order valence-electron chi connectivity index (χ3n) is 5.47. The number of benzene rings is 2. The maximum Gasteiger partial charge on any atom is 0.222 e. The van der Waals surface area contributed by atoms with E-state index in [-0.39, 0.29) is 6.10 Å². The standard InChI is InChI=1S/C28H39N3O3/c1-20(2)16-31(17-24(32)19-33-21(3)4)18-26-27(23-10-8-7-9-11-23)29-30(6)28(26)34-25-14-12-22(5)13-15-25/h7-15,20-21,24,32H,16-19H2,1-6H3/t24-/m1/s1. The second-order valence-corrected chi connectivity index (χ2v) is 9.66. The highest BCUT2D eigenvalue weighted by molar-refractivity contribution is 5.65. The van der Waals surface area contributed by atoms with Gasteiger partial charge in [0.1, 0.15) is 11.4 Å². The van der Waals surface area contributed by atoms with Gasteiger partial charge in [-0.05, 0) is 38.8 Å². The average Bonchev–Trinajstić information content (AvgIpc) is 3.09. The molecule has 0 amide bonds. The number of rotatable bonds is 12. The van der Waals surface area contributed by atoms with Gasteiger partial charge in [0.2, 0.25) is 5.88 Å². The maximum absolute atomic E-state index is 10.7. The first-order valence-electron chi connectivity index (χ1n) is 12.1. The lowest BCUT2D eigenvalue weighted by atomic mass is 10.1. The van der Waals surface area contributed by atoms with Crippen LogP contribution in [0, 0.1) is 12.8 Å². The highest BCUT2D eigenvalue weighted by atomic mass is 16.5. The van der Waals surface area contributed by atoms with Crippen LogP contribution in [0.1, 0.15) is 38.8 Å². The van der Waals surface area contributed by atoms with Crippen molar-refractivity contribution in [3.8, 4) is 22.9 Å². The summed E-state index contributed by atoms with van der Waals surface area (Å²) in [4.78, 5) is 2.27.